The predicted molar refractivity (Wildman–Crippen MR) is 53.6 cm³/mol. The van der Waals surface area contributed by atoms with Gasteiger partial charge in [-0.05, 0) is 17.7 Å². The Morgan fingerprint density at radius 2 is 2.29 bits per heavy atom. The molecule has 2 rings (SSSR count). The van der Waals surface area contributed by atoms with Gasteiger partial charge in [-0.1, -0.05) is 11.6 Å². The molecule has 0 radical (unpaired) electrons. The Hall–Kier alpha value is -0.420. The SMILES string of the molecule is Clc1cc(C2COCCN2)nc(Cl)n1. The quantitative estimate of drug-likeness (QED) is 0.590. The summed E-state index contributed by atoms with van der Waals surface area (Å²) in [6, 6.07) is 1.75. The molecule has 1 aromatic rings. The van der Waals surface area contributed by atoms with Crippen LogP contribution in [0.5, 0.6) is 0 Å². The van der Waals surface area contributed by atoms with Gasteiger partial charge in [0.1, 0.15) is 5.15 Å². The minimum absolute atomic E-state index is 0.0572. The van der Waals surface area contributed by atoms with Crippen LogP contribution in [0, 0.1) is 0 Å². The summed E-state index contributed by atoms with van der Waals surface area (Å²) in [7, 11) is 0. The summed E-state index contributed by atoms with van der Waals surface area (Å²) < 4.78 is 5.31. The molecule has 1 saturated heterocycles. The van der Waals surface area contributed by atoms with Gasteiger partial charge in [-0.25, -0.2) is 9.97 Å². The fraction of sp³-hybridized carbons (Fsp3) is 0.500. The first-order valence-electron chi connectivity index (χ1n) is 4.27. The fourth-order valence-electron chi connectivity index (χ4n) is 1.34. The summed E-state index contributed by atoms with van der Waals surface area (Å²) in [5.74, 6) is 0. The average Bonchev–Trinajstić information content (AvgIpc) is 2.18. The summed E-state index contributed by atoms with van der Waals surface area (Å²) in [6.45, 7) is 2.12. The minimum atomic E-state index is 0.0572. The maximum Gasteiger partial charge on any atom is 0.224 e. The first-order valence-corrected chi connectivity index (χ1v) is 5.02. The molecule has 76 valence electrons. The summed E-state index contributed by atoms with van der Waals surface area (Å²) in [5, 5.41) is 3.78. The second-order valence-corrected chi connectivity index (χ2v) is 3.69. The number of ether oxygens (including phenoxy) is 1. The van der Waals surface area contributed by atoms with Crippen molar-refractivity contribution in [2.24, 2.45) is 0 Å². The van der Waals surface area contributed by atoms with E-state index in [2.05, 4.69) is 15.3 Å². The Bertz CT molecular complexity index is 308. The second-order valence-electron chi connectivity index (χ2n) is 2.97. The molecule has 1 aliphatic heterocycles. The molecule has 0 bridgehead atoms. The molecule has 0 aliphatic carbocycles. The highest BCUT2D eigenvalue weighted by molar-refractivity contribution is 6.31. The van der Waals surface area contributed by atoms with Gasteiger partial charge in [-0.3, -0.25) is 0 Å². The molecule has 0 aromatic carbocycles. The van der Waals surface area contributed by atoms with Gasteiger partial charge in [0.2, 0.25) is 5.28 Å². The summed E-state index contributed by atoms with van der Waals surface area (Å²) in [4.78, 5) is 7.87. The third kappa shape index (κ3) is 2.33. The molecule has 1 fully saturated rings. The van der Waals surface area contributed by atoms with E-state index in [9.17, 15) is 0 Å². The van der Waals surface area contributed by atoms with Crippen molar-refractivity contribution in [3.8, 4) is 0 Å². The molecular formula is C8H9Cl2N3O. The summed E-state index contributed by atoms with van der Waals surface area (Å²) >= 11 is 11.5. The third-order valence-electron chi connectivity index (χ3n) is 1.97. The maximum atomic E-state index is 5.77. The van der Waals surface area contributed by atoms with Crippen LogP contribution in [0.25, 0.3) is 0 Å². The van der Waals surface area contributed by atoms with E-state index in [1.165, 1.54) is 0 Å². The lowest BCUT2D eigenvalue weighted by Crippen LogP contribution is -2.35. The van der Waals surface area contributed by atoms with E-state index in [1.54, 1.807) is 6.07 Å². The van der Waals surface area contributed by atoms with Crippen molar-refractivity contribution in [1.29, 1.82) is 0 Å². The van der Waals surface area contributed by atoms with Crippen molar-refractivity contribution >= 4 is 23.2 Å². The number of hydrogen-bond acceptors (Lipinski definition) is 4. The van der Waals surface area contributed by atoms with E-state index in [-0.39, 0.29) is 11.3 Å². The predicted octanol–water partition coefficient (Wildman–Crippen LogP) is 1.44. The molecular weight excluding hydrogens is 225 g/mol. The van der Waals surface area contributed by atoms with Crippen molar-refractivity contribution in [1.82, 2.24) is 15.3 Å². The zero-order chi connectivity index (χ0) is 9.97. The number of morpholine rings is 1. The van der Waals surface area contributed by atoms with Crippen molar-refractivity contribution in [2.75, 3.05) is 19.8 Å². The van der Waals surface area contributed by atoms with E-state index >= 15 is 0 Å². The minimum Gasteiger partial charge on any atom is -0.378 e. The van der Waals surface area contributed by atoms with Crippen LogP contribution in [0.4, 0.5) is 0 Å². The Balaban J connectivity index is 2.21. The van der Waals surface area contributed by atoms with Gasteiger partial charge in [0.15, 0.2) is 0 Å². The van der Waals surface area contributed by atoms with Gasteiger partial charge in [-0.15, -0.1) is 0 Å². The highest BCUT2D eigenvalue weighted by atomic mass is 35.5. The van der Waals surface area contributed by atoms with Crippen molar-refractivity contribution in [2.45, 2.75) is 6.04 Å². The van der Waals surface area contributed by atoms with Crippen LogP contribution in [0.15, 0.2) is 6.07 Å². The molecule has 2 heterocycles. The van der Waals surface area contributed by atoms with Crippen LogP contribution in [-0.4, -0.2) is 29.7 Å². The van der Waals surface area contributed by atoms with Crippen LogP contribution in [0.1, 0.15) is 11.7 Å². The van der Waals surface area contributed by atoms with Crippen LogP contribution in [-0.2, 0) is 4.74 Å². The topological polar surface area (TPSA) is 47.0 Å². The van der Waals surface area contributed by atoms with Crippen molar-refractivity contribution < 1.29 is 4.74 Å². The lowest BCUT2D eigenvalue weighted by Gasteiger charge is -2.23. The van der Waals surface area contributed by atoms with Crippen LogP contribution < -0.4 is 5.32 Å². The number of rotatable bonds is 1. The molecule has 1 N–H and O–H groups in total. The van der Waals surface area contributed by atoms with Gasteiger partial charge in [0, 0.05) is 6.54 Å². The lowest BCUT2D eigenvalue weighted by molar-refractivity contribution is 0.0756. The Kier molecular flexibility index (Phi) is 3.18. The van der Waals surface area contributed by atoms with E-state index in [1.807, 2.05) is 0 Å². The van der Waals surface area contributed by atoms with E-state index < -0.39 is 0 Å². The summed E-state index contributed by atoms with van der Waals surface area (Å²) in [6.07, 6.45) is 0. The normalized spacial score (nSPS) is 22.3. The van der Waals surface area contributed by atoms with Gasteiger partial charge < -0.3 is 10.1 Å². The second kappa shape index (κ2) is 4.40. The molecule has 14 heavy (non-hydrogen) atoms. The molecule has 0 spiro atoms. The first-order chi connectivity index (χ1) is 6.75. The number of aromatic nitrogens is 2. The van der Waals surface area contributed by atoms with Crippen LogP contribution in [0.2, 0.25) is 10.4 Å². The molecule has 0 saturated carbocycles. The Morgan fingerprint density at radius 1 is 1.43 bits per heavy atom. The zero-order valence-electron chi connectivity index (χ0n) is 7.33. The molecule has 1 atom stereocenters. The molecule has 1 unspecified atom stereocenters. The van der Waals surface area contributed by atoms with Crippen LogP contribution >= 0.6 is 23.2 Å². The van der Waals surface area contributed by atoms with Gasteiger partial charge in [0.05, 0.1) is 24.9 Å². The monoisotopic (exact) mass is 233 g/mol. The standard InChI is InChI=1S/C8H9Cl2N3O/c9-7-3-5(12-8(10)13-7)6-4-14-2-1-11-6/h3,6,11H,1-2,4H2. The van der Waals surface area contributed by atoms with Crippen molar-refractivity contribution in [3.63, 3.8) is 0 Å². The summed E-state index contributed by atoms with van der Waals surface area (Å²) in [5.41, 5.74) is 0.773. The third-order valence-corrected chi connectivity index (χ3v) is 2.33. The number of halogens is 2. The molecule has 6 heteroatoms. The maximum absolute atomic E-state index is 5.77. The first kappa shape index (κ1) is 10.1. The van der Waals surface area contributed by atoms with Crippen molar-refractivity contribution in [3.05, 3.63) is 22.2 Å². The van der Waals surface area contributed by atoms with Crippen LogP contribution in [0.3, 0.4) is 0 Å². The molecule has 1 aliphatic rings. The smallest absolute Gasteiger partial charge is 0.224 e. The largest absolute Gasteiger partial charge is 0.378 e. The molecule has 0 amide bonds. The molecule has 1 aromatic heterocycles. The van der Waals surface area contributed by atoms with Gasteiger partial charge in [-0.2, -0.15) is 0 Å². The fourth-order valence-corrected chi connectivity index (χ4v) is 1.76. The van der Waals surface area contributed by atoms with Gasteiger partial charge >= 0.3 is 0 Å². The lowest BCUT2D eigenvalue weighted by atomic mass is 10.2. The number of hydrogen-bond donors (Lipinski definition) is 1. The van der Waals surface area contributed by atoms with Gasteiger partial charge in [0.25, 0.3) is 0 Å². The zero-order valence-corrected chi connectivity index (χ0v) is 8.85. The highest BCUT2D eigenvalue weighted by Crippen LogP contribution is 2.18. The number of nitrogens with one attached hydrogen (secondary N) is 1. The Morgan fingerprint density at radius 3 is 2.93 bits per heavy atom. The van der Waals surface area contributed by atoms with E-state index in [4.69, 9.17) is 27.9 Å². The van der Waals surface area contributed by atoms with E-state index in [0.717, 1.165) is 18.8 Å². The average molecular weight is 234 g/mol. The molecule has 4 nitrogen and oxygen atoms in total. The highest BCUT2D eigenvalue weighted by Gasteiger charge is 2.17. The van der Waals surface area contributed by atoms with E-state index in [0.29, 0.717) is 11.8 Å². The number of nitrogens with zero attached hydrogens (tertiary/aromatic N) is 2. The Labute approximate surface area is 91.6 Å².